The molecule has 134 valence electrons. The van der Waals surface area contributed by atoms with E-state index in [1.807, 2.05) is 13.8 Å². The van der Waals surface area contributed by atoms with Crippen LogP contribution in [0.4, 0.5) is 0 Å². The average molecular weight is 376 g/mol. The Hall–Kier alpha value is -1.08. The van der Waals surface area contributed by atoms with Crippen LogP contribution >= 0.6 is 23.2 Å². The number of halogens is 2. The number of nitrogens with one attached hydrogen (secondary N) is 1. The molecule has 0 aliphatic rings. The standard InChI is InChI=1S/C15H20BCl2NO4.CH4/c1-9(2)7-14(16(22)23)19-15(21)6-5-13(20)11-8-10(17)3-4-12(11)18;/h3-4,8-9,14,22-23H,5-7H2,1-2H3,(H,19,21);1H4/t14-;/m0./s1. The highest BCUT2D eigenvalue weighted by atomic mass is 35.5. The van der Waals surface area contributed by atoms with E-state index >= 15 is 0 Å². The summed E-state index contributed by atoms with van der Waals surface area (Å²) in [6.07, 6.45) is 0.322. The molecule has 0 fully saturated rings. The van der Waals surface area contributed by atoms with Gasteiger partial charge in [0.1, 0.15) is 0 Å². The minimum Gasteiger partial charge on any atom is -0.426 e. The fourth-order valence-electron chi connectivity index (χ4n) is 2.11. The molecule has 0 saturated heterocycles. The Balaban J connectivity index is 0.00000529. The van der Waals surface area contributed by atoms with E-state index in [-0.39, 0.29) is 42.6 Å². The van der Waals surface area contributed by atoms with Crippen LogP contribution in [0.3, 0.4) is 0 Å². The molecule has 1 rings (SSSR count). The van der Waals surface area contributed by atoms with Gasteiger partial charge in [-0.3, -0.25) is 9.59 Å². The molecule has 5 nitrogen and oxygen atoms in total. The third-order valence-electron chi connectivity index (χ3n) is 3.24. The van der Waals surface area contributed by atoms with E-state index in [1.54, 1.807) is 6.07 Å². The van der Waals surface area contributed by atoms with Gasteiger partial charge in [-0.15, -0.1) is 0 Å². The first-order valence-electron chi connectivity index (χ1n) is 7.34. The average Bonchev–Trinajstić information content (AvgIpc) is 2.46. The first-order chi connectivity index (χ1) is 10.7. The fourth-order valence-corrected chi connectivity index (χ4v) is 2.51. The van der Waals surface area contributed by atoms with Crippen LogP contribution in [-0.2, 0) is 4.79 Å². The molecule has 0 aliphatic heterocycles. The quantitative estimate of drug-likeness (QED) is 0.481. The summed E-state index contributed by atoms with van der Waals surface area (Å²) in [5.41, 5.74) is 0.271. The summed E-state index contributed by atoms with van der Waals surface area (Å²) in [5.74, 6) is -1.28. The minimum atomic E-state index is -1.64. The molecule has 1 amide bonds. The third kappa shape index (κ3) is 7.66. The van der Waals surface area contributed by atoms with E-state index in [0.717, 1.165) is 0 Å². The van der Waals surface area contributed by atoms with Crippen LogP contribution in [0, 0.1) is 5.92 Å². The zero-order chi connectivity index (χ0) is 17.6. The predicted molar refractivity (Wildman–Crippen MR) is 98.3 cm³/mol. The van der Waals surface area contributed by atoms with Crippen molar-refractivity contribution in [3.8, 4) is 0 Å². The van der Waals surface area contributed by atoms with Crippen LogP contribution < -0.4 is 5.32 Å². The van der Waals surface area contributed by atoms with E-state index in [4.69, 9.17) is 23.2 Å². The number of Topliss-reactive ketones (excluding diaryl/α,β-unsaturated/α-hetero) is 1. The van der Waals surface area contributed by atoms with Gasteiger partial charge in [-0.2, -0.15) is 0 Å². The lowest BCUT2D eigenvalue weighted by atomic mass is 9.75. The van der Waals surface area contributed by atoms with Crippen LogP contribution in [0.2, 0.25) is 10.0 Å². The van der Waals surface area contributed by atoms with Crippen molar-refractivity contribution in [2.24, 2.45) is 5.92 Å². The smallest absolute Gasteiger partial charge is 0.426 e. The highest BCUT2D eigenvalue weighted by Gasteiger charge is 2.26. The largest absolute Gasteiger partial charge is 0.475 e. The van der Waals surface area contributed by atoms with E-state index in [1.165, 1.54) is 12.1 Å². The molecule has 0 aliphatic carbocycles. The van der Waals surface area contributed by atoms with Crippen LogP contribution in [0.15, 0.2) is 18.2 Å². The molecule has 0 aromatic heterocycles. The van der Waals surface area contributed by atoms with Gasteiger partial charge in [0.2, 0.25) is 5.91 Å². The number of hydrogen-bond acceptors (Lipinski definition) is 4. The summed E-state index contributed by atoms with van der Waals surface area (Å²) < 4.78 is 0. The Morgan fingerprint density at radius 2 is 1.83 bits per heavy atom. The number of benzene rings is 1. The molecular formula is C16H24BCl2NO4. The van der Waals surface area contributed by atoms with Gasteiger partial charge in [0, 0.05) is 23.4 Å². The summed E-state index contributed by atoms with van der Waals surface area (Å²) >= 11 is 11.8. The molecule has 1 aromatic carbocycles. The van der Waals surface area contributed by atoms with E-state index in [9.17, 15) is 19.6 Å². The van der Waals surface area contributed by atoms with Crippen molar-refractivity contribution in [1.29, 1.82) is 0 Å². The van der Waals surface area contributed by atoms with Gasteiger partial charge in [0.15, 0.2) is 5.78 Å². The highest BCUT2D eigenvalue weighted by molar-refractivity contribution is 6.43. The van der Waals surface area contributed by atoms with Crippen LogP contribution in [0.25, 0.3) is 0 Å². The molecule has 3 N–H and O–H groups in total. The number of carbonyl (C=O) groups excluding carboxylic acids is 2. The van der Waals surface area contributed by atoms with Crippen molar-refractivity contribution in [2.45, 2.75) is 46.5 Å². The summed E-state index contributed by atoms with van der Waals surface area (Å²) in [7, 11) is -1.64. The Bertz CT molecular complexity index is 567. The molecule has 0 heterocycles. The molecule has 0 radical (unpaired) electrons. The van der Waals surface area contributed by atoms with Crippen molar-refractivity contribution in [1.82, 2.24) is 5.32 Å². The zero-order valence-electron chi connectivity index (χ0n) is 13.1. The lowest BCUT2D eigenvalue weighted by Gasteiger charge is -2.19. The minimum absolute atomic E-state index is 0. The maximum atomic E-state index is 12.1. The van der Waals surface area contributed by atoms with Gasteiger partial charge < -0.3 is 15.4 Å². The van der Waals surface area contributed by atoms with Gasteiger partial charge in [0.05, 0.1) is 11.0 Å². The molecule has 1 aromatic rings. The Morgan fingerprint density at radius 1 is 1.21 bits per heavy atom. The molecule has 0 spiro atoms. The monoisotopic (exact) mass is 375 g/mol. The van der Waals surface area contributed by atoms with Crippen molar-refractivity contribution in [3.63, 3.8) is 0 Å². The van der Waals surface area contributed by atoms with Gasteiger partial charge in [-0.25, -0.2) is 0 Å². The third-order valence-corrected chi connectivity index (χ3v) is 3.80. The van der Waals surface area contributed by atoms with Crippen molar-refractivity contribution < 1.29 is 19.6 Å². The van der Waals surface area contributed by atoms with Gasteiger partial charge in [-0.05, 0) is 30.5 Å². The number of hydrogen-bond donors (Lipinski definition) is 3. The second-order valence-electron chi connectivity index (χ2n) is 5.76. The number of carbonyl (C=O) groups is 2. The van der Waals surface area contributed by atoms with E-state index in [2.05, 4.69) is 5.32 Å². The zero-order valence-corrected chi connectivity index (χ0v) is 14.6. The molecule has 0 bridgehead atoms. The Labute approximate surface area is 153 Å². The van der Waals surface area contributed by atoms with Crippen LogP contribution in [-0.4, -0.2) is 34.8 Å². The maximum absolute atomic E-state index is 12.1. The normalized spacial score (nSPS) is 11.6. The van der Waals surface area contributed by atoms with Crippen molar-refractivity contribution in [2.75, 3.05) is 0 Å². The van der Waals surface area contributed by atoms with E-state index < -0.39 is 19.0 Å². The van der Waals surface area contributed by atoms with Crippen molar-refractivity contribution in [3.05, 3.63) is 33.8 Å². The molecular weight excluding hydrogens is 352 g/mol. The maximum Gasteiger partial charge on any atom is 0.475 e. The predicted octanol–water partition coefficient (Wildman–Crippen LogP) is 3.14. The lowest BCUT2D eigenvalue weighted by molar-refractivity contribution is -0.121. The summed E-state index contributed by atoms with van der Waals surface area (Å²) in [6, 6.07) is 4.56. The second kappa shape index (κ2) is 10.7. The van der Waals surface area contributed by atoms with E-state index in [0.29, 0.717) is 11.4 Å². The van der Waals surface area contributed by atoms with Crippen LogP contribution in [0.1, 0.15) is 50.9 Å². The first kappa shape index (κ1) is 22.9. The molecule has 8 heteroatoms. The number of amides is 1. The second-order valence-corrected chi connectivity index (χ2v) is 6.61. The van der Waals surface area contributed by atoms with Gasteiger partial charge >= 0.3 is 7.12 Å². The number of rotatable bonds is 8. The number of ketones is 1. The van der Waals surface area contributed by atoms with Gasteiger partial charge in [0.25, 0.3) is 0 Å². The SMILES string of the molecule is C.CC(C)C[C@H](NC(=O)CCC(=O)c1cc(Cl)ccc1Cl)B(O)O. The Morgan fingerprint density at radius 3 is 2.38 bits per heavy atom. The summed E-state index contributed by atoms with van der Waals surface area (Å²) in [5, 5.41) is 21.8. The Kier molecular flexibility index (Phi) is 10.2. The molecule has 24 heavy (non-hydrogen) atoms. The lowest BCUT2D eigenvalue weighted by Crippen LogP contribution is -2.47. The molecule has 1 atom stereocenters. The highest BCUT2D eigenvalue weighted by Crippen LogP contribution is 2.22. The summed E-state index contributed by atoms with van der Waals surface area (Å²) in [6.45, 7) is 3.82. The summed E-state index contributed by atoms with van der Waals surface area (Å²) in [4.78, 5) is 24.0. The fraction of sp³-hybridized carbons (Fsp3) is 0.500. The molecule has 0 unspecified atom stereocenters. The first-order valence-corrected chi connectivity index (χ1v) is 8.10. The topological polar surface area (TPSA) is 86.6 Å². The van der Waals surface area contributed by atoms with Crippen LogP contribution in [0.5, 0.6) is 0 Å². The van der Waals surface area contributed by atoms with Crippen molar-refractivity contribution >= 4 is 42.0 Å². The van der Waals surface area contributed by atoms with Gasteiger partial charge in [-0.1, -0.05) is 44.5 Å². The molecule has 0 saturated carbocycles.